The lowest BCUT2D eigenvalue weighted by atomic mass is 9.40. The summed E-state index contributed by atoms with van der Waals surface area (Å²) < 4.78 is 5.36. The molecule has 0 spiro atoms. The third-order valence-corrected chi connectivity index (χ3v) is 7.74. The molecule has 4 bridgehead atoms. The van der Waals surface area contributed by atoms with Gasteiger partial charge in [0.25, 0.3) is 0 Å². The molecule has 0 aromatic carbocycles. The Bertz CT molecular complexity index is 579. The van der Waals surface area contributed by atoms with Crippen LogP contribution in [0.15, 0.2) is 0 Å². The highest BCUT2D eigenvalue weighted by molar-refractivity contribution is 5.84. The minimum atomic E-state index is -0.790. The summed E-state index contributed by atoms with van der Waals surface area (Å²) in [6.07, 6.45) is 8.27. The van der Waals surface area contributed by atoms with Crippen LogP contribution in [0.25, 0.3) is 0 Å². The fraction of sp³-hybridized carbons (Fsp3) is 0.905. The lowest BCUT2D eigenvalue weighted by molar-refractivity contribution is -0.170. The molecule has 1 saturated heterocycles. The minimum Gasteiger partial charge on any atom is -0.481 e. The molecule has 146 valence electrons. The first-order chi connectivity index (χ1) is 12.2. The van der Waals surface area contributed by atoms with Crippen molar-refractivity contribution >= 4 is 11.9 Å². The predicted octanol–water partition coefficient (Wildman–Crippen LogP) is 3.23. The van der Waals surface area contributed by atoms with Gasteiger partial charge < -0.3 is 15.2 Å². The number of carboxylic acid groups (broad SMARTS) is 1. The highest BCUT2D eigenvalue weighted by Crippen LogP contribution is 2.69. The Labute approximate surface area is 156 Å². The molecule has 4 aliphatic carbocycles. The zero-order valence-electron chi connectivity index (χ0n) is 16.2. The van der Waals surface area contributed by atoms with Crippen molar-refractivity contribution in [1.29, 1.82) is 0 Å². The second kappa shape index (κ2) is 6.22. The largest absolute Gasteiger partial charge is 0.481 e. The number of carboxylic acids is 1. The summed E-state index contributed by atoms with van der Waals surface area (Å²) in [4.78, 5) is 25.0. The number of rotatable bonds is 5. The van der Waals surface area contributed by atoms with Crippen molar-refractivity contribution < 1.29 is 19.4 Å². The Morgan fingerprint density at radius 1 is 1.08 bits per heavy atom. The van der Waals surface area contributed by atoms with E-state index in [2.05, 4.69) is 19.2 Å². The third kappa shape index (κ3) is 3.17. The van der Waals surface area contributed by atoms with Gasteiger partial charge in [0.2, 0.25) is 5.91 Å². The standard InChI is InChI=1S/C21H33NO4/c1-19-7-14-8-20(2,11-19)13-21(9-14,12-19)18(25)22-10-16(17(23)24)15-3-5-26-6-4-15/h14-16H,3-13H2,1-2H3,(H,22,25)(H,23,24). The molecule has 0 aromatic heterocycles. The Morgan fingerprint density at radius 3 is 2.23 bits per heavy atom. The van der Waals surface area contributed by atoms with Crippen LogP contribution in [0.5, 0.6) is 0 Å². The number of ether oxygens (including phenoxy) is 1. The van der Waals surface area contributed by atoms with Gasteiger partial charge in [-0.15, -0.1) is 0 Å². The second-order valence-corrected chi connectivity index (χ2v) is 10.5. The zero-order valence-corrected chi connectivity index (χ0v) is 16.2. The maximum Gasteiger partial charge on any atom is 0.308 e. The van der Waals surface area contributed by atoms with Crippen molar-refractivity contribution in [3.63, 3.8) is 0 Å². The summed E-state index contributed by atoms with van der Waals surface area (Å²) in [5.41, 5.74) is 0.318. The van der Waals surface area contributed by atoms with Gasteiger partial charge in [-0.3, -0.25) is 9.59 Å². The molecule has 1 aliphatic heterocycles. The van der Waals surface area contributed by atoms with Crippen LogP contribution in [0, 0.1) is 34.0 Å². The topological polar surface area (TPSA) is 75.6 Å². The van der Waals surface area contributed by atoms with Crippen molar-refractivity contribution in [3.8, 4) is 0 Å². The summed E-state index contributed by atoms with van der Waals surface area (Å²) in [6.45, 7) is 6.24. The monoisotopic (exact) mass is 363 g/mol. The number of nitrogens with one attached hydrogen (secondary N) is 1. The van der Waals surface area contributed by atoms with Gasteiger partial charge in [0.1, 0.15) is 0 Å². The number of carbonyl (C=O) groups is 2. The van der Waals surface area contributed by atoms with Gasteiger partial charge >= 0.3 is 5.97 Å². The summed E-state index contributed by atoms with van der Waals surface area (Å²) >= 11 is 0. The van der Waals surface area contributed by atoms with Crippen LogP contribution < -0.4 is 5.32 Å². The van der Waals surface area contributed by atoms with E-state index >= 15 is 0 Å². The van der Waals surface area contributed by atoms with E-state index in [0.717, 1.165) is 32.1 Å². The van der Waals surface area contributed by atoms with Crippen molar-refractivity contribution in [2.45, 2.75) is 65.2 Å². The van der Waals surface area contributed by atoms with Crippen LogP contribution in [-0.4, -0.2) is 36.7 Å². The van der Waals surface area contributed by atoms with E-state index in [4.69, 9.17) is 4.74 Å². The van der Waals surface area contributed by atoms with Gasteiger partial charge in [-0.25, -0.2) is 0 Å². The summed E-state index contributed by atoms with van der Waals surface area (Å²) in [7, 11) is 0. The van der Waals surface area contributed by atoms with Crippen molar-refractivity contribution in [3.05, 3.63) is 0 Å². The van der Waals surface area contributed by atoms with Crippen LogP contribution in [0.1, 0.15) is 65.2 Å². The molecule has 3 atom stereocenters. The maximum atomic E-state index is 13.3. The van der Waals surface area contributed by atoms with E-state index in [0.29, 0.717) is 30.0 Å². The molecule has 0 radical (unpaired) electrons. The van der Waals surface area contributed by atoms with E-state index < -0.39 is 11.9 Å². The second-order valence-electron chi connectivity index (χ2n) is 10.5. The van der Waals surface area contributed by atoms with Gasteiger partial charge in [-0.2, -0.15) is 0 Å². The smallest absolute Gasteiger partial charge is 0.308 e. The highest BCUT2D eigenvalue weighted by Gasteiger charge is 2.62. The Hall–Kier alpha value is -1.10. The molecule has 3 unspecified atom stereocenters. The minimum absolute atomic E-state index is 0.105. The Morgan fingerprint density at radius 2 is 1.69 bits per heavy atom. The average Bonchev–Trinajstić information content (AvgIpc) is 2.52. The molecule has 5 nitrogen and oxygen atoms in total. The fourth-order valence-electron chi connectivity index (χ4n) is 7.66. The molecule has 26 heavy (non-hydrogen) atoms. The number of carbonyl (C=O) groups excluding carboxylic acids is 1. The molecular formula is C21H33NO4. The van der Waals surface area contributed by atoms with Gasteiger partial charge in [0, 0.05) is 19.8 Å². The van der Waals surface area contributed by atoms with Crippen molar-refractivity contribution in [2.75, 3.05) is 19.8 Å². The SMILES string of the molecule is CC12CC3CC(C)(C1)CC(C(=O)NCC(C(=O)O)C1CCOCC1)(C3)C2. The number of aliphatic carboxylic acids is 1. The van der Waals surface area contributed by atoms with Crippen LogP contribution >= 0.6 is 0 Å². The Kier molecular flexibility index (Phi) is 4.37. The summed E-state index contributed by atoms with van der Waals surface area (Å²) in [5, 5.41) is 12.8. The first-order valence-corrected chi connectivity index (χ1v) is 10.3. The molecule has 1 heterocycles. The molecule has 5 fully saturated rings. The van der Waals surface area contributed by atoms with Gasteiger partial charge in [0.15, 0.2) is 0 Å². The van der Waals surface area contributed by atoms with Crippen molar-refractivity contribution in [2.24, 2.45) is 34.0 Å². The van der Waals surface area contributed by atoms with Gasteiger partial charge in [-0.1, -0.05) is 13.8 Å². The van der Waals surface area contributed by atoms with Crippen LogP contribution in [0.4, 0.5) is 0 Å². The fourth-order valence-corrected chi connectivity index (χ4v) is 7.66. The molecule has 1 amide bonds. The number of hydrogen-bond acceptors (Lipinski definition) is 3. The lowest BCUT2D eigenvalue weighted by Crippen LogP contribution is -2.60. The number of amides is 1. The predicted molar refractivity (Wildman–Crippen MR) is 97.5 cm³/mol. The Balaban J connectivity index is 1.45. The molecule has 4 saturated carbocycles. The van der Waals surface area contributed by atoms with Crippen LogP contribution in [0.3, 0.4) is 0 Å². The van der Waals surface area contributed by atoms with Gasteiger partial charge in [-0.05, 0) is 74.0 Å². The van der Waals surface area contributed by atoms with E-state index in [9.17, 15) is 14.7 Å². The third-order valence-electron chi connectivity index (χ3n) is 7.74. The number of hydrogen-bond donors (Lipinski definition) is 2. The molecular weight excluding hydrogens is 330 g/mol. The first-order valence-electron chi connectivity index (χ1n) is 10.3. The van der Waals surface area contributed by atoms with E-state index in [-0.39, 0.29) is 23.8 Å². The van der Waals surface area contributed by atoms with E-state index in [1.165, 1.54) is 19.3 Å². The van der Waals surface area contributed by atoms with E-state index in [1.807, 2.05) is 0 Å². The molecule has 2 N–H and O–H groups in total. The van der Waals surface area contributed by atoms with Gasteiger partial charge in [0.05, 0.1) is 11.3 Å². The zero-order chi connectivity index (χ0) is 18.6. The van der Waals surface area contributed by atoms with Crippen LogP contribution in [0.2, 0.25) is 0 Å². The lowest BCUT2D eigenvalue weighted by Gasteiger charge is -2.64. The summed E-state index contributed by atoms with van der Waals surface area (Å²) in [6, 6.07) is 0. The average molecular weight is 363 g/mol. The maximum absolute atomic E-state index is 13.3. The highest BCUT2D eigenvalue weighted by atomic mass is 16.5. The van der Waals surface area contributed by atoms with Crippen molar-refractivity contribution in [1.82, 2.24) is 5.32 Å². The molecule has 5 heteroatoms. The van der Waals surface area contributed by atoms with E-state index in [1.54, 1.807) is 0 Å². The molecule has 0 aromatic rings. The molecule has 5 aliphatic rings. The first kappa shape index (κ1) is 18.3. The summed E-state index contributed by atoms with van der Waals surface area (Å²) in [5.74, 6) is -0.396. The van der Waals surface area contributed by atoms with Crippen LogP contribution in [-0.2, 0) is 14.3 Å². The molecule has 5 rings (SSSR count). The normalized spacial score (nSPS) is 43.2. The quantitative estimate of drug-likeness (QED) is 0.786.